The smallest absolute Gasteiger partial charge is 0.163 e. The Kier molecular flexibility index (Phi) is 3.70. The van der Waals surface area contributed by atoms with Crippen LogP contribution in [0.3, 0.4) is 0 Å². The van der Waals surface area contributed by atoms with E-state index >= 15 is 0 Å². The number of hydrogen-bond donors (Lipinski definition) is 0. The fourth-order valence-electron chi connectivity index (χ4n) is 2.97. The van der Waals surface area contributed by atoms with Crippen molar-refractivity contribution >= 4 is 27.4 Å². The van der Waals surface area contributed by atoms with Crippen LogP contribution < -0.4 is 4.90 Å². The van der Waals surface area contributed by atoms with E-state index in [2.05, 4.69) is 45.0 Å². The molecule has 4 rings (SSSR count). The molecule has 1 fully saturated rings. The van der Waals surface area contributed by atoms with Gasteiger partial charge in [-0.3, -0.25) is 0 Å². The minimum atomic E-state index is -0.0871. The van der Waals surface area contributed by atoms with Gasteiger partial charge in [-0.2, -0.15) is 0 Å². The van der Waals surface area contributed by atoms with E-state index in [1.54, 1.807) is 24.0 Å². The highest BCUT2D eigenvalue weighted by atomic mass is 32.1. The van der Waals surface area contributed by atoms with E-state index in [-0.39, 0.29) is 6.10 Å². The second kappa shape index (κ2) is 5.86. The number of hydrogen-bond acceptors (Lipinski definition) is 7. The topological polar surface area (TPSA) is 69.0 Å². The number of thiophene rings is 1. The van der Waals surface area contributed by atoms with Gasteiger partial charge in [-0.1, -0.05) is 0 Å². The standard InChI is InChI=1S/C15H18N6OS/c1-3-20-9-18-19-14(20)12-7-21(4-5-22-12)13-11-6-10(2)23-15(11)17-8-16-13/h6,8-9,12H,3-5,7H2,1-2H3/t12-/m1/s1. The molecule has 1 aliphatic heterocycles. The molecule has 0 unspecified atom stereocenters. The van der Waals surface area contributed by atoms with Crippen molar-refractivity contribution in [1.29, 1.82) is 0 Å². The zero-order chi connectivity index (χ0) is 15.8. The largest absolute Gasteiger partial charge is 0.366 e. The van der Waals surface area contributed by atoms with E-state index in [1.807, 2.05) is 4.57 Å². The summed E-state index contributed by atoms with van der Waals surface area (Å²) < 4.78 is 7.95. The zero-order valence-electron chi connectivity index (χ0n) is 13.1. The molecule has 0 aromatic carbocycles. The molecule has 0 spiro atoms. The van der Waals surface area contributed by atoms with Crippen LogP contribution in [0.2, 0.25) is 0 Å². The van der Waals surface area contributed by atoms with Crippen molar-refractivity contribution in [2.45, 2.75) is 26.5 Å². The van der Waals surface area contributed by atoms with Gasteiger partial charge in [0.05, 0.1) is 18.5 Å². The maximum atomic E-state index is 5.93. The Hall–Kier alpha value is -2.06. The summed E-state index contributed by atoms with van der Waals surface area (Å²) in [5.74, 6) is 1.86. The number of rotatable bonds is 3. The van der Waals surface area contributed by atoms with E-state index in [1.165, 1.54) is 4.88 Å². The van der Waals surface area contributed by atoms with Crippen LogP contribution in [0.4, 0.5) is 5.82 Å². The number of aryl methyl sites for hydroxylation is 2. The number of nitrogens with zero attached hydrogens (tertiary/aromatic N) is 6. The van der Waals surface area contributed by atoms with Gasteiger partial charge in [0.1, 0.15) is 29.4 Å². The fraction of sp³-hybridized carbons (Fsp3) is 0.467. The molecular weight excluding hydrogens is 312 g/mol. The Balaban J connectivity index is 1.66. The Bertz CT molecular complexity index is 828. The summed E-state index contributed by atoms with van der Waals surface area (Å²) in [6, 6.07) is 2.16. The first kappa shape index (κ1) is 14.5. The number of anilines is 1. The van der Waals surface area contributed by atoms with Gasteiger partial charge in [-0.15, -0.1) is 21.5 Å². The SMILES string of the molecule is CCn1cnnc1[C@H]1CN(c2ncnc3sc(C)cc23)CCO1. The number of aromatic nitrogens is 5. The highest BCUT2D eigenvalue weighted by Crippen LogP contribution is 2.32. The molecule has 23 heavy (non-hydrogen) atoms. The van der Waals surface area contributed by atoms with Crippen molar-refractivity contribution in [3.63, 3.8) is 0 Å². The Morgan fingerprint density at radius 3 is 3.17 bits per heavy atom. The van der Waals surface area contributed by atoms with Gasteiger partial charge in [0, 0.05) is 18.0 Å². The van der Waals surface area contributed by atoms with E-state index < -0.39 is 0 Å². The van der Waals surface area contributed by atoms with Gasteiger partial charge >= 0.3 is 0 Å². The van der Waals surface area contributed by atoms with Crippen LogP contribution in [-0.4, -0.2) is 44.4 Å². The van der Waals surface area contributed by atoms with Gasteiger partial charge in [0.15, 0.2) is 5.82 Å². The van der Waals surface area contributed by atoms with Crippen molar-refractivity contribution in [3.05, 3.63) is 29.4 Å². The highest BCUT2D eigenvalue weighted by molar-refractivity contribution is 7.18. The van der Waals surface area contributed by atoms with Crippen LogP contribution in [0.15, 0.2) is 18.7 Å². The Morgan fingerprint density at radius 2 is 2.30 bits per heavy atom. The number of morpholine rings is 1. The van der Waals surface area contributed by atoms with Crippen molar-refractivity contribution in [1.82, 2.24) is 24.7 Å². The molecular formula is C15H18N6OS. The summed E-state index contributed by atoms with van der Waals surface area (Å²) in [5.41, 5.74) is 0. The van der Waals surface area contributed by atoms with E-state index in [4.69, 9.17) is 4.74 Å². The van der Waals surface area contributed by atoms with Crippen molar-refractivity contribution in [3.8, 4) is 0 Å². The monoisotopic (exact) mass is 330 g/mol. The molecule has 120 valence electrons. The quantitative estimate of drug-likeness (QED) is 0.733. The molecule has 1 atom stereocenters. The lowest BCUT2D eigenvalue weighted by molar-refractivity contribution is 0.0314. The second-order valence-corrected chi connectivity index (χ2v) is 6.79. The first-order chi connectivity index (χ1) is 11.3. The maximum Gasteiger partial charge on any atom is 0.163 e. The lowest BCUT2D eigenvalue weighted by Crippen LogP contribution is -2.39. The molecule has 0 saturated carbocycles. The van der Waals surface area contributed by atoms with E-state index in [0.717, 1.165) is 41.5 Å². The van der Waals surface area contributed by atoms with E-state index in [9.17, 15) is 0 Å². The minimum Gasteiger partial charge on any atom is -0.366 e. The average molecular weight is 330 g/mol. The lowest BCUT2D eigenvalue weighted by atomic mass is 10.2. The maximum absolute atomic E-state index is 5.93. The van der Waals surface area contributed by atoms with Gasteiger partial charge in [0.2, 0.25) is 0 Å². The fourth-order valence-corrected chi connectivity index (χ4v) is 3.81. The lowest BCUT2D eigenvalue weighted by Gasteiger charge is -2.33. The molecule has 0 amide bonds. The first-order valence-corrected chi connectivity index (χ1v) is 8.53. The third kappa shape index (κ3) is 2.57. The number of ether oxygens (including phenoxy) is 1. The predicted molar refractivity (Wildman–Crippen MR) is 88.8 cm³/mol. The second-order valence-electron chi connectivity index (χ2n) is 5.55. The van der Waals surface area contributed by atoms with Crippen LogP contribution in [0.5, 0.6) is 0 Å². The van der Waals surface area contributed by atoms with Crippen LogP contribution in [0.25, 0.3) is 10.2 Å². The summed E-state index contributed by atoms with van der Waals surface area (Å²) >= 11 is 1.70. The third-order valence-electron chi connectivity index (χ3n) is 4.07. The third-order valence-corrected chi connectivity index (χ3v) is 5.03. The summed E-state index contributed by atoms with van der Waals surface area (Å²) in [7, 11) is 0. The molecule has 0 bridgehead atoms. The highest BCUT2D eigenvalue weighted by Gasteiger charge is 2.27. The molecule has 0 aliphatic carbocycles. The normalized spacial score (nSPS) is 18.7. The molecule has 1 aliphatic rings. The van der Waals surface area contributed by atoms with Crippen molar-refractivity contribution < 1.29 is 4.74 Å². The van der Waals surface area contributed by atoms with Crippen molar-refractivity contribution in [2.75, 3.05) is 24.6 Å². The summed E-state index contributed by atoms with van der Waals surface area (Å²) in [5, 5.41) is 9.36. The van der Waals surface area contributed by atoms with Crippen LogP contribution in [-0.2, 0) is 11.3 Å². The van der Waals surface area contributed by atoms with E-state index in [0.29, 0.717) is 6.61 Å². The molecule has 0 radical (unpaired) electrons. The van der Waals surface area contributed by atoms with Gasteiger partial charge < -0.3 is 14.2 Å². The Morgan fingerprint density at radius 1 is 1.39 bits per heavy atom. The Labute approximate surface area is 137 Å². The molecule has 1 saturated heterocycles. The average Bonchev–Trinajstić information content (AvgIpc) is 3.19. The van der Waals surface area contributed by atoms with Gasteiger partial charge in [0.25, 0.3) is 0 Å². The molecule has 7 nitrogen and oxygen atoms in total. The molecule has 3 aromatic rings. The summed E-state index contributed by atoms with van der Waals surface area (Å²) in [6.07, 6.45) is 3.31. The molecule has 3 aromatic heterocycles. The zero-order valence-corrected chi connectivity index (χ0v) is 14.0. The van der Waals surface area contributed by atoms with Gasteiger partial charge in [-0.05, 0) is 19.9 Å². The minimum absolute atomic E-state index is 0.0871. The van der Waals surface area contributed by atoms with Crippen LogP contribution in [0, 0.1) is 6.92 Å². The summed E-state index contributed by atoms with van der Waals surface area (Å²) in [4.78, 5) is 13.4. The first-order valence-electron chi connectivity index (χ1n) is 7.71. The predicted octanol–water partition coefficient (Wildman–Crippen LogP) is 2.19. The molecule has 8 heteroatoms. The van der Waals surface area contributed by atoms with Crippen LogP contribution >= 0.6 is 11.3 Å². The summed E-state index contributed by atoms with van der Waals surface area (Å²) in [6.45, 7) is 7.20. The van der Waals surface area contributed by atoms with Gasteiger partial charge in [-0.25, -0.2) is 9.97 Å². The molecule has 4 heterocycles. The van der Waals surface area contributed by atoms with Crippen LogP contribution in [0.1, 0.15) is 23.7 Å². The van der Waals surface area contributed by atoms with Crippen molar-refractivity contribution in [2.24, 2.45) is 0 Å². The number of fused-ring (bicyclic) bond motifs is 1. The molecule has 0 N–H and O–H groups in total.